The van der Waals surface area contributed by atoms with Gasteiger partial charge < -0.3 is 28.6 Å². The first-order chi connectivity index (χ1) is 16.8. The molecule has 0 fully saturated rings. The van der Waals surface area contributed by atoms with E-state index in [1.54, 1.807) is 44.4 Å². The first-order valence-corrected chi connectivity index (χ1v) is 12.0. The van der Waals surface area contributed by atoms with E-state index < -0.39 is 23.5 Å². The predicted octanol–water partition coefficient (Wildman–Crippen LogP) is 5.03. The number of amides is 1. The summed E-state index contributed by atoms with van der Waals surface area (Å²) in [5.41, 5.74) is 0.615. The number of aryl methyl sites for hydroxylation is 1. The van der Waals surface area contributed by atoms with Crippen molar-refractivity contribution in [1.29, 1.82) is 0 Å². The van der Waals surface area contributed by atoms with Crippen LogP contribution in [0.5, 0.6) is 11.5 Å². The normalized spacial score (nSPS) is 15.9. The van der Waals surface area contributed by atoms with Crippen molar-refractivity contribution in [2.45, 2.75) is 46.6 Å². The Balaban J connectivity index is 2.02. The van der Waals surface area contributed by atoms with Crippen LogP contribution in [0, 0.1) is 12.8 Å². The quantitative estimate of drug-likeness (QED) is 0.314. The molecule has 1 atom stereocenters. The van der Waals surface area contributed by atoms with Crippen molar-refractivity contribution in [3.05, 3.63) is 58.7 Å². The summed E-state index contributed by atoms with van der Waals surface area (Å²) in [6, 6.07) is 7.77. The van der Waals surface area contributed by atoms with E-state index in [1.165, 1.54) is 4.90 Å². The minimum Gasteiger partial charge on any atom is -0.503 e. The molecular formula is C27H35NO7. The Kier molecular flexibility index (Phi) is 8.98. The fourth-order valence-electron chi connectivity index (χ4n) is 4.02. The van der Waals surface area contributed by atoms with Crippen molar-refractivity contribution in [3.63, 3.8) is 0 Å². The highest BCUT2D eigenvalue weighted by Gasteiger charge is 2.44. The summed E-state index contributed by atoms with van der Waals surface area (Å²) in [5.74, 6) is 0.543. The topological polar surface area (TPSA) is 98.4 Å². The number of carbonyl (C=O) groups is 2. The molecule has 8 heteroatoms. The molecule has 1 aromatic carbocycles. The van der Waals surface area contributed by atoms with Gasteiger partial charge in [-0.15, -0.1) is 0 Å². The highest BCUT2D eigenvalue weighted by Crippen LogP contribution is 2.42. The van der Waals surface area contributed by atoms with Gasteiger partial charge in [0.25, 0.3) is 5.91 Å². The summed E-state index contributed by atoms with van der Waals surface area (Å²) < 4.78 is 22.4. The second-order valence-corrected chi connectivity index (χ2v) is 8.92. The number of carbonyl (C=O) groups excluding carboxylic acids is 2. The van der Waals surface area contributed by atoms with Crippen LogP contribution in [0.15, 0.2) is 46.1 Å². The van der Waals surface area contributed by atoms with Gasteiger partial charge in [0.15, 0.2) is 23.0 Å². The van der Waals surface area contributed by atoms with E-state index in [-0.39, 0.29) is 11.3 Å². The molecule has 1 amide bonds. The molecule has 0 radical (unpaired) electrons. The molecule has 0 aliphatic carbocycles. The Hall–Kier alpha value is -3.26. The largest absolute Gasteiger partial charge is 0.503 e. The first-order valence-electron chi connectivity index (χ1n) is 12.0. The predicted molar refractivity (Wildman–Crippen MR) is 131 cm³/mol. The lowest BCUT2D eigenvalue weighted by molar-refractivity contribution is -0.129. The number of ether oxygens (including phenoxy) is 3. The molecule has 8 nitrogen and oxygen atoms in total. The lowest BCUT2D eigenvalue weighted by Gasteiger charge is -2.27. The smallest absolute Gasteiger partial charge is 0.290 e. The standard InChI is InChI=1S/C27H35NO7/c1-6-33-22-16-19(9-11-20(22)34-15-12-17(2)3)24-23(25(29)21-10-8-18(4)35-21)26(30)27(31)28(24)13-7-14-32-5/h8-11,16-17,24,30H,6-7,12-15H2,1-5H3. The molecule has 0 saturated carbocycles. The fraction of sp³-hybridized carbons (Fsp3) is 0.481. The van der Waals surface area contributed by atoms with E-state index in [0.29, 0.717) is 61.5 Å². The van der Waals surface area contributed by atoms with Gasteiger partial charge in [0, 0.05) is 20.3 Å². The lowest BCUT2D eigenvalue weighted by Crippen LogP contribution is -2.32. The maximum absolute atomic E-state index is 13.4. The molecule has 1 unspecified atom stereocenters. The average Bonchev–Trinajstić information content (AvgIpc) is 3.36. The van der Waals surface area contributed by atoms with Crippen LogP contribution in [-0.4, -0.2) is 55.2 Å². The van der Waals surface area contributed by atoms with Crippen molar-refractivity contribution in [3.8, 4) is 11.5 Å². The van der Waals surface area contributed by atoms with Crippen LogP contribution < -0.4 is 9.47 Å². The number of aliphatic hydroxyl groups is 1. The summed E-state index contributed by atoms with van der Waals surface area (Å²) in [7, 11) is 1.58. The van der Waals surface area contributed by atoms with E-state index >= 15 is 0 Å². The van der Waals surface area contributed by atoms with E-state index in [1.807, 2.05) is 6.92 Å². The minimum atomic E-state index is -0.804. The van der Waals surface area contributed by atoms with Crippen molar-refractivity contribution in [1.82, 2.24) is 4.90 Å². The Labute approximate surface area is 206 Å². The van der Waals surface area contributed by atoms with E-state index in [0.717, 1.165) is 6.42 Å². The molecule has 2 aromatic rings. The number of rotatable bonds is 13. The zero-order valence-electron chi connectivity index (χ0n) is 21.1. The van der Waals surface area contributed by atoms with Crippen LogP contribution in [0.1, 0.15) is 61.5 Å². The van der Waals surface area contributed by atoms with Crippen molar-refractivity contribution in [2.24, 2.45) is 5.92 Å². The fourth-order valence-corrected chi connectivity index (χ4v) is 4.02. The average molecular weight is 486 g/mol. The summed E-state index contributed by atoms with van der Waals surface area (Å²) in [6.07, 6.45) is 1.44. The second-order valence-electron chi connectivity index (χ2n) is 8.92. The van der Waals surface area contributed by atoms with Crippen LogP contribution in [0.3, 0.4) is 0 Å². The number of methoxy groups -OCH3 is 1. The SMILES string of the molecule is CCOc1cc(C2C(C(=O)c3ccc(C)o3)=C(O)C(=O)N2CCCOC)ccc1OCCC(C)C. The molecule has 1 N–H and O–H groups in total. The van der Waals surface area contributed by atoms with E-state index in [2.05, 4.69) is 13.8 Å². The number of furan rings is 1. The molecule has 3 rings (SSSR count). The Morgan fingerprint density at radius 3 is 2.54 bits per heavy atom. The minimum absolute atomic E-state index is 0.0160. The van der Waals surface area contributed by atoms with Gasteiger partial charge in [-0.25, -0.2) is 0 Å². The number of hydrogen-bond donors (Lipinski definition) is 1. The number of Topliss-reactive ketones (excluding diaryl/α,β-unsaturated/α-hetero) is 1. The van der Waals surface area contributed by atoms with Crippen molar-refractivity contribution in [2.75, 3.05) is 33.5 Å². The maximum Gasteiger partial charge on any atom is 0.290 e. The lowest BCUT2D eigenvalue weighted by atomic mass is 9.94. The van der Waals surface area contributed by atoms with Crippen LogP contribution in [0.2, 0.25) is 0 Å². The van der Waals surface area contributed by atoms with E-state index in [4.69, 9.17) is 18.6 Å². The highest BCUT2D eigenvalue weighted by molar-refractivity contribution is 6.15. The van der Waals surface area contributed by atoms with Gasteiger partial charge in [0.1, 0.15) is 5.76 Å². The van der Waals surface area contributed by atoms with Crippen molar-refractivity contribution >= 4 is 11.7 Å². The number of aliphatic hydroxyl groups excluding tert-OH is 1. The van der Waals surface area contributed by atoms with Crippen LogP contribution in [-0.2, 0) is 9.53 Å². The molecule has 190 valence electrons. The summed E-state index contributed by atoms with van der Waals surface area (Å²) >= 11 is 0. The van der Waals surface area contributed by atoms with Gasteiger partial charge in [0.2, 0.25) is 5.78 Å². The monoisotopic (exact) mass is 485 g/mol. The Bertz CT molecular complexity index is 1070. The third-order valence-electron chi connectivity index (χ3n) is 5.80. The van der Waals surface area contributed by atoms with Crippen LogP contribution in [0.4, 0.5) is 0 Å². The number of nitrogens with zero attached hydrogens (tertiary/aromatic N) is 1. The van der Waals surface area contributed by atoms with Gasteiger partial charge >= 0.3 is 0 Å². The van der Waals surface area contributed by atoms with Crippen LogP contribution >= 0.6 is 0 Å². The molecular weight excluding hydrogens is 450 g/mol. The molecule has 0 spiro atoms. The molecule has 35 heavy (non-hydrogen) atoms. The number of benzene rings is 1. The molecule has 1 aliphatic rings. The zero-order valence-corrected chi connectivity index (χ0v) is 21.1. The molecule has 0 bridgehead atoms. The molecule has 1 aliphatic heterocycles. The van der Waals surface area contributed by atoms with Gasteiger partial charge in [-0.1, -0.05) is 19.9 Å². The summed E-state index contributed by atoms with van der Waals surface area (Å²) in [6.45, 7) is 9.56. The third kappa shape index (κ3) is 6.06. The molecule has 2 heterocycles. The molecule has 0 saturated heterocycles. The van der Waals surface area contributed by atoms with Gasteiger partial charge in [0.05, 0.1) is 24.8 Å². The third-order valence-corrected chi connectivity index (χ3v) is 5.80. The zero-order chi connectivity index (χ0) is 25.5. The summed E-state index contributed by atoms with van der Waals surface area (Å²) in [5, 5.41) is 10.8. The van der Waals surface area contributed by atoms with Gasteiger partial charge in [-0.05, 0) is 62.4 Å². The summed E-state index contributed by atoms with van der Waals surface area (Å²) in [4.78, 5) is 27.9. The Morgan fingerprint density at radius 1 is 1.14 bits per heavy atom. The van der Waals surface area contributed by atoms with E-state index in [9.17, 15) is 14.7 Å². The Morgan fingerprint density at radius 2 is 1.91 bits per heavy atom. The van der Waals surface area contributed by atoms with Gasteiger partial charge in [-0.3, -0.25) is 9.59 Å². The van der Waals surface area contributed by atoms with Gasteiger partial charge in [-0.2, -0.15) is 0 Å². The van der Waals surface area contributed by atoms with Crippen LogP contribution in [0.25, 0.3) is 0 Å². The maximum atomic E-state index is 13.4. The molecule has 1 aromatic heterocycles. The first kappa shape index (κ1) is 26.3. The number of ketones is 1. The highest BCUT2D eigenvalue weighted by atomic mass is 16.5. The van der Waals surface area contributed by atoms with Crippen molar-refractivity contribution < 1.29 is 33.3 Å². The second kappa shape index (κ2) is 11.9. The number of hydrogen-bond acceptors (Lipinski definition) is 7.